The number of aromatic amines is 1. The second kappa shape index (κ2) is 5.61. The predicted octanol–water partition coefficient (Wildman–Crippen LogP) is 1.43. The van der Waals surface area contributed by atoms with E-state index >= 15 is 0 Å². The maximum absolute atomic E-state index is 11.8. The molecule has 1 heterocycles. The zero-order valence-electron chi connectivity index (χ0n) is 10.8. The van der Waals surface area contributed by atoms with Gasteiger partial charge in [0.15, 0.2) is 0 Å². The van der Waals surface area contributed by atoms with Gasteiger partial charge in [0.1, 0.15) is 29.1 Å². The number of anilines is 1. The smallest absolute Gasteiger partial charge is 0.268 e. The molecular weight excluding hydrogens is 266 g/mol. The summed E-state index contributed by atoms with van der Waals surface area (Å²) < 4.78 is 0. The Balaban J connectivity index is 2.84. The Morgan fingerprint density at radius 1 is 1.14 bits per heavy atom. The lowest BCUT2D eigenvalue weighted by Crippen LogP contribution is -2.16. The van der Waals surface area contributed by atoms with Gasteiger partial charge in [-0.25, -0.2) is 0 Å². The molecule has 0 amide bonds. The summed E-state index contributed by atoms with van der Waals surface area (Å²) in [4.78, 5) is 14.1. The number of nitrogens with two attached hydrogens (primary N) is 1. The Morgan fingerprint density at radius 3 is 2.48 bits per heavy atom. The van der Waals surface area contributed by atoms with Crippen molar-refractivity contribution in [1.29, 1.82) is 15.8 Å². The highest BCUT2D eigenvalue weighted by Gasteiger charge is 2.18. The molecule has 0 atom stereocenters. The highest BCUT2D eigenvalue weighted by atomic mass is 16.1. The second-order valence-corrected chi connectivity index (χ2v) is 4.25. The molecule has 0 saturated heterocycles. The summed E-state index contributed by atoms with van der Waals surface area (Å²) in [5.41, 5.74) is 6.30. The van der Waals surface area contributed by atoms with Gasteiger partial charge in [-0.05, 0) is 11.1 Å². The predicted molar refractivity (Wildman–Crippen MR) is 75.7 cm³/mol. The summed E-state index contributed by atoms with van der Waals surface area (Å²) in [6.07, 6.45) is 0.191. The Morgan fingerprint density at radius 2 is 1.86 bits per heavy atom. The number of nitrogen functional groups attached to an aromatic ring is 1. The first-order chi connectivity index (χ1) is 10.1. The van der Waals surface area contributed by atoms with Gasteiger partial charge in [0.2, 0.25) is 0 Å². The number of pyridine rings is 1. The van der Waals surface area contributed by atoms with Gasteiger partial charge in [0.05, 0.1) is 12.5 Å². The van der Waals surface area contributed by atoms with E-state index in [0.29, 0.717) is 5.56 Å². The average Bonchev–Trinajstić information content (AvgIpc) is 2.47. The Kier molecular flexibility index (Phi) is 3.70. The Bertz CT molecular complexity index is 890. The molecule has 0 unspecified atom stereocenters. The number of benzene rings is 1. The monoisotopic (exact) mass is 275 g/mol. The zero-order valence-corrected chi connectivity index (χ0v) is 10.8. The summed E-state index contributed by atoms with van der Waals surface area (Å²) in [7, 11) is 0. The van der Waals surface area contributed by atoms with Crippen molar-refractivity contribution < 1.29 is 0 Å². The van der Waals surface area contributed by atoms with E-state index in [2.05, 4.69) is 4.98 Å². The summed E-state index contributed by atoms with van der Waals surface area (Å²) in [5.74, 6) is -0.0813. The molecular formula is C15H9N5O. The lowest BCUT2D eigenvalue weighted by molar-refractivity contribution is 1.21. The van der Waals surface area contributed by atoms with Crippen LogP contribution >= 0.6 is 0 Å². The van der Waals surface area contributed by atoms with Crippen LogP contribution in [-0.2, 0) is 6.42 Å². The molecule has 6 heteroatoms. The van der Waals surface area contributed by atoms with Crippen molar-refractivity contribution >= 4 is 5.82 Å². The second-order valence-electron chi connectivity index (χ2n) is 4.25. The van der Waals surface area contributed by atoms with Crippen molar-refractivity contribution in [3.05, 3.63) is 51.3 Å². The van der Waals surface area contributed by atoms with Gasteiger partial charge in [0.25, 0.3) is 5.56 Å². The molecule has 21 heavy (non-hydrogen) atoms. The molecule has 0 radical (unpaired) electrons. The van der Waals surface area contributed by atoms with Gasteiger partial charge in [0, 0.05) is 5.56 Å². The van der Waals surface area contributed by atoms with Gasteiger partial charge in [-0.3, -0.25) is 4.79 Å². The lowest BCUT2D eigenvalue weighted by atomic mass is 9.95. The number of rotatable bonds is 2. The standard InChI is InChI=1S/C15H9N5O/c16-5-4-9-2-1-3-10(6-9)13-11(7-17)14(19)20-15(21)12(13)8-18/h1-3,6H,4H2,(H3,19,20,21). The third-order valence-electron chi connectivity index (χ3n) is 2.97. The maximum Gasteiger partial charge on any atom is 0.268 e. The molecule has 1 aromatic heterocycles. The van der Waals surface area contributed by atoms with Crippen LogP contribution < -0.4 is 11.3 Å². The van der Waals surface area contributed by atoms with Crippen LogP contribution in [-0.4, -0.2) is 4.98 Å². The van der Waals surface area contributed by atoms with Gasteiger partial charge >= 0.3 is 0 Å². The van der Waals surface area contributed by atoms with Crippen LogP contribution in [0.4, 0.5) is 5.82 Å². The molecule has 0 aliphatic carbocycles. The van der Waals surface area contributed by atoms with Gasteiger partial charge < -0.3 is 10.7 Å². The van der Waals surface area contributed by atoms with E-state index in [-0.39, 0.29) is 28.9 Å². The average molecular weight is 275 g/mol. The molecule has 6 nitrogen and oxygen atoms in total. The third-order valence-corrected chi connectivity index (χ3v) is 2.97. The first kappa shape index (κ1) is 13.9. The fourth-order valence-electron chi connectivity index (χ4n) is 2.06. The van der Waals surface area contributed by atoms with E-state index in [1.807, 2.05) is 12.1 Å². The van der Waals surface area contributed by atoms with E-state index in [1.54, 1.807) is 30.3 Å². The quantitative estimate of drug-likeness (QED) is 0.856. The van der Waals surface area contributed by atoms with Crippen molar-refractivity contribution in [1.82, 2.24) is 4.98 Å². The number of H-pyrrole nitrogens is 1. The van der Waals surface area contributed by atoms with Crippen molar-refractivity contribution in [3.63, 3.8) is 0 Å². The minimum absolute atomic E-state index is 0.0419. The maximum atomic E-state index is 11.8. The van der Waals surface area contributed by atoms with Crippen LogP contribution in [0.25, 0.3) is 11.1 Å². The van der Waals surface area contributed by atoms with Crippen LogP contribution in [0.2, 0.25) is 0 Å². The minimum Gasteiger partial charge on any atom is -0.384 e. The molecule has 0 fully saturated rings. The van der Waals surface area contributed by atoms with E-state index in [0.717, 1.165) is 5.56 Å². The lowest BCUT2D eigenvalue weighted by Gasteiger charge is -2.09. The highest BCUT2D eigenvalue weighted by molar-refractivity contribution is 5.80. The highest BCUT2D eigenvalue weighted by Crippen LogP contribution is 2.28. The number of hydrogen-bond donors (Lipinski definition) is 2. The van der Waals surface area contributed by atoms with Gasteiger partial charge in [-0.15, -0.1) is 0 Å². The Labute approximate surface area is 120 Å². The number of nitrogens with one attached hydrogen (secondary N) is 1. The summed E-state index contributed by atoms with van der Waals surface area (Å²) in [6.45, 7) is 0. The van der Waals surface area contributed by atoms with Crippen LogP contribution in [0.1, 0.15) is 16.7 Å². The van der Waals surface area contributed by atoms with Crippen LogP contribution in [0.5, 0.6) is 0 Å². The fourth-order valence-corrected chi connectivity index (χ4v) is 2.06. The van der Waals surface area contributed by atoms with Gasteiger partial charge in [-0.2, -0.15) is 15.8 Å². The van der Waals surface area contributed by atoms with Crippen LogP contribution in [0, 0.1) is 34.0 Å². The fraction of sp³-hybridized carbons (Fsp3) is 0.0667. The van der Waals surface area contributed by atoms with E-state index in [1.165, 1.54) is 0 Å². The summed E-state index contributed by atoms with van der Waals surface area (Å²) in [5, 5.41) is 27.1. The molecule has 0 saturated carbocycles. The summed E-state index contributed by atoms with van der Waals surface area (Å²) >= 11 is 0. The van der Waals surface area contributed by atoms with Crippen molar-refractivity contribution in [2.75, 3.05) is 5.73 Å². The third kappa shape index (κ3) is 2.45. The van der Waals surface area contributed by atoms with Crippen molar-refractivity contribution in [2.24, 2.45) is 0 Å². The Hall–Kier alpha value is -3.56. The molecule has 2 aromatic rings. The van der Waals surface area contributed by atoms with E-state index in [9.17, 15) is 15.3 Å². The normalized spacial score (nSPS) is 9.38. The molecule has 100 valence electrons. The minimum atomic E-state index is -0.644. The van der Waals surface area contributed by atoms with Crippen LogP contribution in [0.15, 0.2) is 29.1 Å². The topological polar surface area (TPSA) is 130 Å². The summed E-state index contributed by atoms with van der Waals surface area (Å²) in [6, 6.07) is 12.5. The molecule has 0 spiro atoms. The number of aromatic nitrogens is 1. The molecule has 3 N–H and O–H groups in total. The first-order valence-electron chi connectivity index (χ1n) is 5.94. The molecule has 0 aliphatic heterocycles. The van der Waals surface area contributed by atoms with Crippen molar-refractivity contribution in [2.45, 2.75) is 6.42 Å². The number of nitrogens with zero attached hydrogens (tertiary/aromatic N) is 3. The van der Waals surface area contributed by atoms with Crippen molar-refractivity contribution in [3.8, 4) is 29.3 Å². The molecule has 0 aliphatic rings. The van der Waals surface area contributed by atoms with E-state index < -0.39 is 5.56 Å². The van der Waals surface area contributed by atoms with Gasteiger partial charge in [-0.1, -0.05) is 24.3 Å². The molecule has 0 bridgehead atoms. The zero-order chi connectivity index (χ0) is 15.4. The molecule has 2 rings (SSSR count). The van der Waals surface area contributed by atoms with E-state index in [4.69, 9.17) is 11.0 Å². The van der Waals surface area contributed by atoms with Crippen LogP contribution in [0.3, 0.4) is 0 Å². The SMILES string of the molecule is N#CCc1cccc(-c2c(C#N)c(N)[nH]c(=O)c2C#N)c1. The largest absolute Gasteiger partial charge is 0.384 e. The number of nitriles is 3. The number of hydrogen-bond acceptors (Lipinski definition) is 5. The first-order valence-corrected chi connectivity index (χ1v) is 5.94. The molecule has 1 aromatic carbocycles.